The molecule has 8 heteroatoms. The van der Waals surface area contributed by atoms with Gasteiger partial charge >= 0.3 is 6.18 Å². The first kappa shape index (κ1) is 16.8. The monoisotopic (exact) mass is 324 g/mol. The number of ether oxygens (including phenoxy) is 1. The van der Waals surface area contributed by atoms with Crippen LogP contribution in [0.5, 0.6) is 0 Å². The van der Waals surface area contributed by atoms with Gasteiger partial charge in [0.25, 0.3) is 0 Å². The second-order valence-electron chi connectivity index (χ2n) is 4.79. The predicted octanol–water partition coefficient (Wildman–Crippen LogP) is 4.35. The van der Waals surface area contributed by atoms with E-state index in [1.165, 1.54) is 6.07 Å². The summed E-state index contributed by atoms with van der Waals surface area (Å²) < 4.78 is 41.1. The first-order chi connectivity index (χ1) is 10.8. The summed E-state index contributed by atoms with van der Waals surface area (Å²) in [6.45, 7) is -1.60. The van der Waals surface area contributed by atoms with E-state index >= 15 is 0 Å². The van der Waals surface area contributed by atoms with Crippen molar-refractivity contribution in [3.05, 3.63) is 48.0 Å². The van der Waals surface area contributed by atoms with Crippen molar-refractivity contribution in [2.45, 2.75) is 12.8 Å². The minimum atomic E-state index is -4.38. The molecule has 0 fully saturated rings. The van der Waals surface area contributed by atoms with Crippen LogP contribution in [0.3, 0.4) is 0 Å². The van der Waals surface area contributed by atoms with Crippen LogP contribution in [0.4, 0.5) is 35.9 Å². The van der Waals surface area contributed by atoms with Crippen molar-refractivity contribution in [1.29, 1.82) is 0 Å². The molecule has 0 spiro atoms. The molecule has 0 aliphatic rings. The summed E-state index contributed by atoms with van der Waals surface area (Å²) in [5, 5.41) is 8.05. The highest BCUT2D eigenvalue weighted by molar-refractivity contribution is 5.55. The van der Waals surface area contributed by atoms with E-state index < -0.39 is 12.8 Å². The zero-order valence-corrected chi connectivity index (χ0v) is 12.0. The van der Waals surface area contributed by atoms with Crippen LogP contribution in [0.1, 0.15) is 5.56 Å². The van der Waals surface area contributed by atoms with Crippen LogP contribution in [0.2, 0.25) is 0 Å². The summed E-state index contributed by atoms with van der Waals surface area (Å²) in [5.41, 5.74) is 13.6. The third-order valence-corrected chi connectivity index (χ3v) is 2.79. The van der Waals surface area contributed by atoms with Gasteiger partial charge in [-0.3, -0.25) is 0 Å². The maximum absolute atomic E-state index is 12.1. The summed E-state index contributed by atoms with van der Waals surface area (Å²) in [6, 6.07) is 11.4. The topological polar surface area (TPSA) is 86.0 Å². The summed E-state index contributed by atoms with van der Waals surface area (Å²) in [5.74, 6) is 0. The van der Waals surface area contributed by atoms with Gasteiger partial charge in [0.05, 0.1) is 18.0 Å². The third kappa shape index (κ3) is 5.59. The van der Waals surface area contributed by atoms with E-state index in [2.05, 4.69) is 15.0 Å². The van der Waals surface area contributed by atoms with Crippen molar-refractivity contribution in [3.63, 3.8) is 0 Å². The first-order valence-electron chi connectivity index (χ1n) is 6.64. The molecule has 0 unspecified atom stereocenters. The van der Waals surface area contributed by atoms with Gasteiger partial charge in [-0.1, -0.05) is 0 Å². The van der Waals surface area contributed by atoms with Crippen molar-refractivity contribution in [3.8, 4) is 0 Å². The quantitative estimate of drug-likeness (QED) is 0.633. The highest BCUT2D eigenvalue weighted by Gasteiger charge is 2.27. The van der Waals surface area contributed by atoms with E-state index in [0.29, 0.717) is 28.3 Å². The van der Waals surface area contributed by atoms with Gasteiger partial charge in [0.15, 0.2) is 0 Å². The highest BCUT2D eigenvalue weighted by Crippen LogP contribution is 2.26. The number of benzene rings is 2. The predicted molar refractivity (Wildman–Crippen MR) is 81.6 cm³/mol. The second kappa shape index (κ2) is 7.10. The van der Waals surface area contributed by atoms with Crippen LogP contribution < -0.4 is 11.5 Å². The van der Waals surface area contributed by atoms with Gasteiger partial charge in [-0.15, -0.1) is 0 Å². The normalized spacial score (nSPS) is 12.0. The summed E-state index contributed by atoms with van der Waals surface area (Å²) >= 11 is 0. The van der Waals surface area contributed by atoms with Crippen molar-refractivity contribution in [2.75, 3.05) is 18.1 Å². The number of nitrogens with zero attached hydrogens (tertiary/aromatic N) is 2. The molecular formula is C15H15F3N4O. The number of halogens is 3. The Kier molecular flexibility index (Phi) is 5.17. The largest absolute Gasteiger partial charge is 0.411 e. The number of hydrogen-bond acceptors (Lipinski definition) is 5. The molecule has 5 nitrogen and oxygen atoms in total. The van der Waals surface area contributed by atoms with Gasteiger partial charge in [0.1, 0.15) is 6.61 Å². The third-order valence-electron chi connectivity index (χ3n) is 2.79. The molecule has 0 saturated carbocycles. The molecular weight excluding hydrogens is 309 g/mol. The van der Waals surface area contributed by atoms with Gasteiger partial charge in [-0.05, 0) is 42.5 Å². The number of anilines is 2. The lowest BCUT2D eigenvalue weighted by Gasteiger charge is -2.09. The van der Waals surface area contributed by atoms with Crippen LogP contribution in [0.15, 0.2) is 52.7 Å². The lowest BCUT2D eigenvalue weighted by Crippen LogP contribution is -2.16. The Hall–Kier alpha value is -2.61. The molecule has 0 aliphatic heterocycles. The number of nitrogens with two attached hydrogens (primary N) is 2. The lowest BCUT2D eigenvalue weighted by atomic mass is 10.2. The number of azo groups is 1. The fourth-order valence-electron chi connectivity index (χ4n) is 1.75. The molecule has 0 aliphatic carbocycles. The molecule has 0 saturated heterocycles. The van der Waals surface area contributed by atoms with Gasteiger partial charge in [0, 0.05) is 16.9 Å². The van der Waals surface area contributed by atoms with E-state index in [4.69, 9.17) is 11.5 Å². The SMILES string of the molecule is Nc1ccc(N=Nc2ccc(N)cc2COCC(F)(F)F)cc1. The second-order valence-corrected chi connectivity index (χ2v) is 4.79. The van der Waals surface area contributed by atoms with E-state index in [9.17, 15) is 13.2 Å². The lowest BCUT2D eigenvalue weighted by molar-refractivity contribution is -0.176. The molecule has 0 heterocycles. The molecule has 0 bridgehead atoms. The Morgan fingerprint density at radius 3 is 2.22 bits per heavy atom. The average Bonchev–Trinajstić information content (AvgIpc) is 2.47. The van der Waals surface area contributed by atoms with Gasteiger partial charge in [0.2, 0.25) is 0 Å². The van der Waals surface area contributed by atoms with Crippen molar-refractivity contribution in [2.24, 2.45) is 10.2 Å². The van der Waals surface area contributed by atoms with E-state index in [-0.39, 0.29) is 6.61 Å². The number of hydrogen-bond donors (Lipinski definition) is 2. The highest BCUT2D eigenvalue weighted by atomic mass is 19.4. The van der Waals surface area contributed by atoms with E-state index in [1.807, 2.05) is 0 Å². The number of nitrogen functional groups attached to an aromatic ring is 2. The van der Waals surface area contributed by atoms with Crippen LogP contribution in [-0.4, -0.2) is 12.8 Å². The fourth-order valence-corrected chi connectivity index (χ4v) is 1.75. The van der Waals surface area contributed by atoms with Gasteiger partial charge in [-0.2, -0.15) is 23.4 Å². The molecule has 0 aromatic heterocycles. The standard InChI is InChI=1S/C15H15F3N4O/c16-15(17,18)9-23-8-10-7-12(20)3-6-14(10)22-21-13-4-1-11(19)2-5-13/h1-7H,8-9,19-20H2. The molecule has 2 rings (SSSR count). The number of rotatable bonds is 5. The molecule has 0 radical (unpaired) electrons. The minimum absolute atomic E-state index is 0.263. The van der Waals surface area contributed by atoms with Crippen LogP contribution >= 0.6 is 0 Å². The van der Waals surface area contributed by atoms with E-state index in [1.54, 1.807) is 36.4 Å². The molecule has 0 atom stereocenters. The summed E-state index contributed by atoms with van der Waals surface area (Å²) in [6.07, 6.45) is -4.38. The van der Waals surface area contributed by atoms with Crippen molar-refractivity contribution < 1.29 is 17.9 Å². The molecule has 122 valence electrons. The molecule has 2 aromatic carbocycles. The average molecular weight is 324 g/mol. The maximum Gasteiger partial charge on any atom is 0.411 e. The van der Waals surface area contributed by atoms with Crippen LogP contribution in [0, 0.1) is 0 Å². The Balaban J connectivity index is 2.13. The van der Waals surface area contributed by atoms with E-state index in [0.717, 1.165) is 0 Å². The molecule has 23 heavy (non-hydrogen) atoms. The molecule has 0 amide bonds. The van der Waals surface area contributed by atoms with Crippen molar-refractivity contribution in [1.82, 2.24) is 0 Å². The molecule has 4 N–H and O–H groups in total. The summed E-state index contributed by atoms with van der Waals surface area (Å²) in [7, 11) is 0. The molecule has 2 aromatic rings. The van der Waals surface area contributed by atoms with Gasteiger partial charge in [-0.25, -0.2) is 0 Å². The minimum Gasteiger partial charge on any atom is -0.399 e. The maximum atomic E-state index is 12.1. The zero-order chi connectivity index (χ0) is 16.9. The summed E-state index contributed by atoms with van der Waals surface area (Å²) in [4.78, 5) is 0. The van der Waals surface area contributed by atoms with Crippen LogP contribution in [0.25, 0.3) is 0 Å². The fraction of sp³-hybridized carbons (Fsp3) is 0.200. The first-order valence-corrected chi connectivity index (χ1v) is 6.64. The number of alkyl halides is 3. The smallest absolute Gasteiger partial charge is 0.399 e. The van der Waals surface area contributed by atoms with Crippen molar-refractivity contribution >= 4 is 22.7 Å². The Labute approximate surface area is 130 Å². The Bertz CT molecular complexity index is 684. The van der Waals surface area contributed by atoms with Crippen LogP contribution in [-0.2, 0) is 11.3 Å². The zero-order valence-electron chi connectivity index (χ0n) is 12.0. The Morgan fingerprint density at radius 2 is 1.57 bits per heavy atom. The van der Waals surface area contributed by atoms with Gasteiger partial charge < -0.3 is 16.2 Å². The Morgan fingerprint density at radius 1 is 0.913 bits per heavy atom.